The molecule has 0 spiro atoms. The molecule has 0 aromatic carbocycles. The number of carbonyl (C=O) groups is 4. The molecule has 0 N–H and O–H groups in total. The summed E-state index contributed by atoms with van der Waals surface area (Å²) < 4.78 is 145. The van der Waals surface area contributed by atoms with Crippen LogP contribution in [-0.2, 0) is 39.6 Å². The smallest absolute Gasteiger partial charge is 0.276 e. The minimum Gasteiger partial charge on any atom is -0.276 e. The van der Waals surface area contributed by atoms with Crippen LogP contribution >= 0.6 is 0 Å². The highest BCUT2D eigenvalue weighted by Crippen LogP contribution is 2.31. The average Bonchev–Trinajstić information content (AvgIpc) is 2.61. The zero-order chi connectivity index (χ0) is 24.3. The lowest BCUT2D eigenvalue weighted by atomic mass is 10.3. The molecule has 0 bridgehead atoms. The Balaban J connectivity index is 6.34. The van der Waals surface area contributed by atoms with Crippen molar-refractivity contribution in [1.82, 2.24) is 9.80 Å². The Bertz CT molecular complexity index is 864. The van der Waals surface area contributed by atoms with E-state index in [1.807, 2.05) is 0 Å². The molecule has 30 heavy (non-hydrogen) atoms. The van der Waals surface area contributed by atoms with Gasteiger partial charge in [0.05, 0.1) is 0 Å². The fraction of sp³-hybridized carbons (Fsp3) is 0.600. The van der Waals surface area contributed by atoms with Crippen molar-refractivity contribution in [2.75, 3.05) is 26.4 Å². The molecule has 0 saturated carbocycles. The van der Waals surface area contributed by atoms with E-state index in [1.54, 1.807) is 0 Å². The fourth-order valence-electron chi connectivity index (χ4n) is 1.55. The van der Waals surface area contributed by atoms with E-state index >= 15 is 0 Å². The van der Waals surface area contributed by atoms with E-state index in [2.05, 4.69) is 0 Å². The second-order valence-corrected chi connectivity index (χ2v) is 7.65. The van der Waals surface area contributed by atoms with Crippen LogP contribution in [0.3, 0.4) is 0 Å². The topological polar surface area (TPSA) is 143 Å². The molecular weight excluding hydrogens is 492 g/mol. The van der Waals surface area contributed by atoms with Gasteiger partial charge in [-0.2, -0.15) is 34.4 Å². The maximum Gasteiger partial charge on any atom is 0.451 e. The Morgan fingerprint density at radius 1 is 0.633 bits per heavy atom. The van der Waals surface area contributed by atoms with Gasteiger partial charge in [0.2, 0.25) is 0 Å². The average molecular weight is 500 g/mol. The summed E-state index contributed by atoms with van der Waals surface area (Å²) in [6.07, 6.45) is 0. The number of rotatable bonds is 9. The normalized spacial score (nSPS) is 12.9. The number of halogens is 8. The third-order valence-corrected chi connectivity index (χ3v) is 4.55. The number of hydrogen-bond donors (Lipinski definition) is 0. The predicted octanol–water partition coefficient (Wildman–Crippen LogP) is -0.580. The SMILES string of the molecule is O=C(CF)N(CCN(C(=O)C(F)(F)S(=O)(=O)F)C(=O)C(F)(F)S(=O)(=O)F)C(=O)CF. The van der Waals surface area contributed by atoms with Crippen LogP contribution in [0, 0.1) is 0 Å². The molecule has 0 atom stereocenters. The largest absolute Gasteiger partial charge is 0.451 e. The Labute approximate surface area is 161 Å². The first-order valence-corrected chi connectivity index (χ1v) is 9.49. The van der Waals surface area contributed by atoms with Crippen molar-refractivity contribution in [2.45, 2.75) is 10.5 Å². The van der Waals surface area contributed by atoms with Gasteiger partial charge in [0.15, 0.2) is 13.3 Å². The fourth-order valence-corrected chi connectivity index (χ4v) is 2.19. The maximum atomic E-state index is 13.3. The van der Waals surface area contributed by atoms with Crippen molar-refractivity contribution in [3.63, 3.8) is 0 Å². The van der Waals surface area contributed by atoms with Crippen molar-refractivity contribution in [3.8, 4) is 0 Å². The summed E-state index contributed by atoms with van der Waals surface area (Å²) in [5, 5.41) is -12.6. The van der Waals surface area contributed by atoms with Gasteiger partial charge in [-0.1, -0.05) is 7.77 Å². The first-order valence-electron chi connectivity index (χ1n) is 6.72. The molecule has 0 fully saturated rings. The van der Waals surface area contributed by atoms with Crippen molar-refractivity contribution in [2.24, 2.45) is 0 Å². The predicted molar refractivity (Wildman–Crippen MR) is 75.3 cm³/mol. The van der Waals surface area contributed by atoms with E-state index in [1.165, 1.54) is 0 Å². The Hall–Kier alpha value is -2.38. The molecule has 4 amide bonds. The van der Waals surface area contributed by atoms with E-state index in [0.717, 1.165) is 0 Å². The summed E-state index contributed by atoms with van der Waals surface area (Å²) in [5.41, 5.74) is 0. The third kappa shape index (κ3) is 5.61. The maximum absolute atomic E-state index is 13.3. The Morgan fingerprint density at radius 3 is 1.13 bits per heavy atom. The molecular formula is C10H8F8N2O8S2. The highest BCUT2D eigenvalue weighted by molar-refractivity contribution is 7.88. The van der Waals surface area contributed by atoms with Gasteiger partial charge in [0.1, 0.15) is 0 Å². The number of hydrogen-bond acceptors (Lipinski definition) is 8. The van der Waals surface area contributed by atoms with E-state index in [4.69, 9.17) is 0 Å². The van der Waals surface area contributed by atoms with Crippen LogP contribution in [-0.4, -0.2) is 87.2 Å². The van der Waals surface area contributed by atoms with E-state index in [-0.39, 0.29) is 0 Å². The molecule has 0 unspecified atom stereocenters. The van der Waals surface area contributed by atoms with Crippen molar-refractivity contribution in [1.29, 1.82) is 0 Å². The minimum atomic E-state index is -7.27. The summed E-state index contributed by atoms with van der Waals surface area (Å²) in [6.45, 7) is -8.10. The number of nitrogens with zero attached hydrogens (tertiary/aromatic N) is 2. The van der Waals surface area contributed by atoms with Gasteiger partial charge in [-0.3, -0.25) is 29.0 Å². The Morgan fingerprint density at radius 2 is 0.900 bits per heavy atom. The van der Waals surface area contributed by atoms with Crippen LogP contribution in [0.4, 0.5) is 34.1 Å². The molecule has 0 aromatic rings. The van der Waals surface area contributed by atoms with Crippen LogP contribution in [0.15, 0.2) is 0 Å². The minimum absolute atomic E-state index is 0.558. The van der Waals surface area contributed by atoms with Crippen LogP contribution < -0.4 is 0 Å². The summed E-state index contributed by atoms with van der Waals surface area (Å²) in [6, 6.07) is 0. The van der Waals surface area contributed by atoms with Crippen molar-refractivity contribution >= 4 is 44.1 Å². The molecule has 174 valence electrons. The molecule has 0 aromatic heterocycles. The first-order chi connectivity index (χ1) is 13.3. The van der Waals surface area contributed by atoms with E-state index in [0.29, 0.717) is 0 Å². The lowest BCUT2D eigenvalue weighted by Crippen LogP contribution is -2.57. The second-order valence-electron chi connectivity index (χ2n) is 4.88. The number of imide groups is 2. The lowest BCUT2D eigenvalue weighted by molar-refractivity contribution is -0.165. The van der Waals surface area contributed by atoms with Crippen molar-refractivity contribution in [3.05, 3.63) is 0 Å². The zero-order valence-corrected chi connectivity index (χ0v) is 15.5. The van der Waals surface area contributed by atoms with Gasteiger partial charge in [-0.05, 0) is 0 Å². The number of alkyl halides is 6. The standard InChI is InChI=1S/C10H8F8N2O8S2/c11-3-5(21)19(6(22)4-12)1-2-20(7(23)9(13,14)29(17,25)26)8(24)10(15,16)30(18,27)28/h1-4H2. The van der Waals surface area contributed by atoms with Gasteiger partial charge in [-0.15, -0.1) is 0 Å². The molecule has 0 rings (SSSR count). The van der Waals surface area contributed by atoms with Gasteiger partial charge < -0.3 is 0 Å². The number of carbonyl (C=O) groups excluding carboxylic acids is 4. The zero-order valence-electron chi connectivity index (χ0n) is 13.8. The van der Waals surface area contributed by atoms with E-state index in [9.17, 15) is 70.1 Å². The second kappa shape index (κ2) is 9.18. The van der Waals surface area contributed by atoms with Crippen LogP contribution in [0.1, 0.15) is 0 Å². The van der Waals surface area contributed by atoms with Gasteiger partial charge in [0, 0.05) is 13.1 Å². The van der Waals surface area contributed by atoms with Crippen LogP contribution in [0.5, 0.6) is 0 Å². The monoisotopic (exact) mass is 500 g/mol. The molecule has 0 saturated heterocycles. The number of amides is 4. The highest BCUT2D eigenvalue weighted by Gasteiger charge is 2.62. The quantitative estimate of drug-likeness (QED) is 0.302. The molecule has 20 heteroatoms. The van der Waals surface area contributed by atoms with Gasteiger partial charge in [0.25, 0.3) is 11.8 Å². The molecule has 0 heterocycles. The third-order valence-electron chi connectivity index (χ3n) is 2.98. The molecule has 0 radical (unpaired) electrons. The molecule has 0 aliphatic rings. The van der Waals surface area contributed by atoms with Gasteiger partial charge in [-0.25, -0.2) is 8.78 Å². The first kappa shape index (κ1) is 27.6. The van der Waals surface area contributed by atoms with Crippen LogP contribution in [0.2, 0.25) is 0 Å². The molecule has 0 aliphatic heterocycles. The Kier molecular flexibility index (Phi) is 8.45. The van der Waals surface area contributed by atoms with Crippen LogP contribution in [0.25, 0.3) is 0 Å². The molecule has 0 aliphatic carbocycles. The van der Waals surface area contributed by atoms with Crippen molar-refractivity contribution < 1.29 is 70.1 Å². The van der Waals surface area contributed by atoms with Gasteiger partial charge >= 0.3 is 42.8 Å². The summed E-state index contributed by atoms with van der Waals surface area (Å²) >= 11 is 0. The summed E-state index contributed by atoms with van der Waals surface area (Å²) in [7, 11) is -14.5. The molecule has 10 nitrogen and oxygen atoms in total. The lowest BCUT2D eigenvalue weighted by Gasteiger charge is -2.27. The van der Waals surface area contributed by atoms with E-state index < -0.39 is 90.8 Å². The summed E-state index contributed by atoms with van der Waals surface area (Å²) in [5.74, 6) is -11.3. The highest BCUT2D eigenvalue weighted by atomic mass is 32.3. The summed E-state index contributed by atoms with van der Waals surface area (Å²) in [4.78, 5) is 43.0.